The van der Waals surface area contributed by atoms with Gasteiger partial charge in [0.25, 0.3) is 0 Å². The lowest BCUT2D eigenvalue weighted by molar-refractivity contribution is -0.113. The molecule has 172 valence electrons. The fourth-order valence-electron chi connectivity index (χ4n) is 3.16. The van der Waals surface area contributed by atoms with Crippen LogP contribution in [0.2, 0.25) is 0 Å². The van der Waals surface area contributed by atoms with E-state index in [9.17, 15) is 9.59 Å². The van der Waals surface area contributed by atoms with Gasteiger partial charge >= 0.3 is 5.97 Å². The highest BCUT2D eigenvalue weighted by molar-refractivity contribution is 7.99. The molecule has 0 saturated carbocycles. The van der Waals surface area contributed by atoms with Gasteiger partial charge in [0.15, 0.2) is 0 Å². The summed E-state index contributed by atoms with van der Waals surface area (Å²) < 4.78 is 5.04. The standard InChI is InChI=1S/C25H22N4O3S2/c1-3-32-25(31)18-11-7-8-12-19(18)27-21(30)15-33-22-14-13-20(28-29-22)23-16(2)26-24(34-23)17-9-5-4-6-10-17/h4-14H,3,15H2,1-2H3,(H,27,30). The summed E-state index contributed by atoms with van der Waals surface area (Å²) in [4.78, 5) is 30.2. The Kier molecular flexibility index (Phi) is 7.66. The van der Waals surface area contributed by atoms with Crippen molar-refractivity contribution < 1.29 is 14.3 Å². The monoisotopic (exact) mass is 490 g/mol. The third-order valence-electron chi connectivity index (χ3n) is 4.74. The average Bonchev–Trinajstić information content (AvgIpc) is 3.25. The zero-order valence-electron chi connectivity index (χ0n) is 18.6. The lowest BCUT2D eigenvalue weighted by Gasteiger charge is -2.10. The van der Waals surface area contributed by atoms with Crippen LogP contribution in [0.4, 0.5) is 5.69 Å². The topological polar surface area (TPSA) is 94.1 Å². The SMILES string of the molecule is CCOC(=O)c1ccccc1NC(=O)CSc1ccc(-c2sc(-c3ccccc3)nc2C)nn1. The predicted molar refractivity (Wildman–Crippen MR) is 135 cm³/mol. The molecule has 0 atom stereocenters. The molecule has 9 heteroatoms. The Labute approximate surface area is 205 Å². The summed E-state index contributed by atoms with van der Waals surface area (Å²) >= 11 is 2.84. The number of anilines is 1. The molecule has 1 N–H and O–H groups in total. The van der Waals surface area contributed by atoms with Gasteiger partial charge in [0.1, 0.15) is 15.7 Å². The fourth-order valence-corrected chi connectivity index (χ4v) is 4.81. The van der Waals surface area contributed by atoms with Gasteiger partial charge in [0.2, 0.25) is 5.91 Å². The molecule has 0 aliphatic heterocycles. The van der Waals surface area contributed by atoms with Crippen LogP contribution in [-0.2, 0) is 9.53 Å². The van der Waals surface area contributed by atoms with Gasteiger partial charge in [-0.25, -0.2) is 9.78 Å². The number of thioether (sulfide) groups is 1. The highest BCUT2D eigenvalue weighted by Gasteiger charge is 2.15. The van der Waals surface area contributed by atoms with Crippen molar-refractivity contribution in [3.8, 4) is 21.1 Å². The van der Waals surface area contributed by atoms with Gasteiger partial charge in [-0.05, 0) is 38.1 Å². The van der Waals surface area contributed by atoms with Crippen LogP contribution in [0.15, 0.2) is 71.8 Å². The van der Waals surface area contributed by atoms with Gasteiger partial charge in [0.05, 0.1) is 34.2 Å². The summed E-state index contributed by atoms with van der Waals surface area (Å²) in [6.07, 6.45) is 0. The quantitative estimate of drug-likeness (QED) is 0.258. The number of para-hydroxylation sites is 1. The molecule has 0 fully saturated rings. The maximum absolute atomic E-state index is 12.5. The number of thiazole rings is 1. The van der Waals surface area contributed by atoms with E-state index >= 15 is 0 Å². The first-order valence-electron chi connectivity index (χ1n) is 10.6. The number of hydrogen-bond donors (Lipinski definition) is 1. The first kappa shape index (κ1) is 23.6. The fraction of sp³-hybridized carbons (Fsp3) is 0.160. The Morgan fingerprint density at radius 1 is 1.00 bits per heavy atom. The first-order valence-corrected chi connectivity index (χ1v) is 12.4. The molecule has 1 amide bonds. The lowest BCUT2D eigenvalue weighted by Crippen LogP contribution is -2.17. The number of carbonyl (C=O) groups is 2. The highest BCUT2D eigenvalue weighted by atomic mass is 32.2. The number of rotatable bonds is 8. The molecule has 0 radical (unpaired) electrons. The number of benzene rings is 2. The predicted octanol–water partition coefficient (Wildman–Crippen LogP) is 5.48. The van der Waals surface area contributed by atoms with E-state index < -0.39 is 5.97 Å². The molecule has 0 spiro atoms. The van der Waals surface area contributed by atoms with E-state index in [2.05, 4.69) is 20.5 Å². The van der Waals surface area contributed by atoms with Crippen LogP contribution in [0.5, 0.6) is 0 Å². The Morgan fingerprint density at radius 3 is 2.50 bits per heavy atom. The molecule has 0 saturated heterocycles. The molecule has 34 heavy (non-hydrogen) atoms. The third-order valence-corrected chi connectivity index (χ3v) is 6.89. The maximum Gasteiger partial charge on any atom is 0.340 e. The van der Waals surface area contributed by atoms with Gasteiger partial charge in [-0.15, -0.1) is 21.5 Å². The van der Waals surface area contributed by atoms with Crippen LogP contribution in [0.1, 0.15) is 23.0 Å². The molecule has 2 aromatic heterocycles. The molecule has 0 unspecified atom stereocenters. The number of amides is 1. The molecule has 0 aliphatic rings. The molecule has 0 aliphatic carbocycles. The van der Waals surface area contributed by atoms with Crippen molar-refractivity contribution in [1.82, 2.24) is 15.2 Å². The van der Waals surface area contributed by atoms with E-state index in [0.29, 0.717) is 16.3 Å². The number of nitrogens with zero attached hydrogens (tertiary/aromatic N) is 3. The van der Waals surface area contributed by atoms with Crippen molar-refractivity contribution >= 4 is 40.7 Å². The van der Waals surface area contributed by atoms with E-state index in [0.717, 1.165) is 26.8 Å². The van der Waals surface area contributed by atoms with Crippen LogP contribution in [-0.4, -0.2) is 39.4 Å². The Hall–Kier alpha value is -3.56. The number of nitrogens with one attached hydrogen (secondary N) is 1. The Morgan fingerprint density at radius 2 is 1.76 bits per heavy atom. The number of carbonyl (C=O) groups excluding carboxylic acids is 2. The second-order valence-corrected chi connectivity index (χ2v) is 9.15. The minimum Gasteiger partial charge on any atom is -0.462 e. The molecular formula is C25H22N4O3S2. The van der Waals surface area contributed by atoms with E-state index in [-0.39, 0.29) is 18.3 Å². The number of hydrogen-bond acceptors (Lipinski definition) is 8. The summed E-state index contributed by atoms with van der Waals surface area (Å²) in [5.41, 5.74) is 3.45. The number of esters is 1. The van der Waals surface area contributed by atoms with Crippen molar-refractivity contribution in [1.29, 1.82) is 0 Å². The van der Waals surface area contributed by atoms with Crippen LogP contribution < -0.4 is 5.32 Å². The van der Waals surface area contributed by atoms with E-state index in [1.165, 1.54) is 11.8 Å². The summed E-state index contributed by atoms with van der Waals surface area (Å²) in [6.45, 7) is 3.96. The summed E-state index contributed by atoms with van der Waals surface area (Å²) in [5.74, 6) is -0.595. The Balaban J connectivity index is 1.38. The zero-order valence-corrected chi connectivity index (χ0v) is 20.3. The number of aryl methyl sites for hydroxylation is 1. The second-order valence-electron chi connectivity index (χ2n) is 7.16. The molecular weight excluding hydrogens is 468 g/mol. The number of ether oxygens (including phenoxy) is 1. The van der Waals surface area contributed by atoms with Crippen LogP contribution in [0, 0.1) is 6.92 Å². The van der Waals surface area contributed by atoms with Crippen LogP contribution >= 0.6 is 23.1 Å². The van der Waals surface area contributed by atoms with Crippen LogP contribution in [0.3, 0.4) is 0 Å². The maximum atomic E-state index is 12.5. The van der Waals surface area contributed by atoms with Crippen LogP contribution in [0.25, 0.3) is 21.1 Å². The minimum atomic E-state index is -0.471. The molecule has 2 heterocycles. The van der Waals surface area contributed by atoms with Gasteiger partial charge in [-0.1, -0.05) is 54.2 Å². The second kappa shape index (κ2) is 11.0. The largest absolute Gasteiger partial charge is 0.462 e. The summed E-state index contributed by atoms with van der Waals surface area (Å²) in [6, 6.07) is 20.5. The lowest BCUT2D eigenvalue weighted by atomic mass is 10.2. The van der Waals surface area contributed by atoms with E-state index in [1.54, 1.807) is 42.5 Å². The molecule has 2 aromatic carbocycles. The van der Waals surface area contributed by atoms with Gasteiger partial charge in [-0.3, -0.25) is 4.79 Å². The van der Waals surface area contributed by atoms with Crippen molar-refractivity contribution in [2.24, 2.45) is 0 Å². The summed E-state index contributed by atoms with van der Waals surface area (Å²) in [7, 11) is 0. The molecule has 0 bridgehead atoms. The molecule has 7 nitrogen and oxygen atoms in total. The Bertz CT molecular complexity index is 1290. The molecule has 4 rings (SSSR count). The van der Waals surface area contributed by atoms with E-state index in [1.807, 2.05) is 49.4 Å². The summed E-state index contributed by atoms with van der Waals surface area (Å²) in [5, 5.41) is 12.9. The van der Waals surface area contributed by atoms with Gasteiger partial charge in [-0.2, -0.15) is 0 Å². The van der Waals surface area contributed by atoms with E-state index in [4.69, 9.17) is 4.74 Å². The van der Waals surface area contributed by atoms with Crippen molar-refractivity contribution in [2.45, 2.75) is 18.9 Å². The smallest absolute Gasteiger partial charge is 0.340 e. The number of aromatic nitrogens is 3. The highest BCUT2D eigenvalue weighted by Crippen LogP contribution is 2.34. The van der Waals surface area contributed by atoms with Crippen molar-refractivity contribution in [3.05, 3.63) is 78.0 Å². The van der Waals surface area contributed by atoms with Crippen molar-refractivity contribution in [2.75, 3.05) is 17.7 Å². The van der Waals surface area contributed by atoms with Gasteiger partial charge < -0.3 is 10.1 Å². The molecule has 4 aromatic rings. The van der Waals surface area contributed by atoms with Crippen molar-refractivity contribution in [3.63, 3.8) is 0 Å². The third kappa shape index (κ3) is 5.67. The first-order chi connectivity index (χ1) is 16.5. The normalized spacial score (nSPS) is 10.6. The zero-order chi connectivity index (χ0) is 23.9. The van der Waals surface area contributed by atoms with Gasteiger partial charge in [0, 0.05) is 5.56 Å². The minimum absolute atomic E-state index is 0.128. The average molecular weight is 491 g/mol.